The number of para-hydroxylation sites is 1. The first kappa shape index (κ1) is 13.1. The Morgan fingerprint density at radius 1 is 1.05 bits per heavy atom. The van der Waals surface area contributed by atoms with Gasteiger partial charge in [-0.25, -0.2) is 13.5 Å². The molecule has 0 fully saturated rings. The molecule has 1 aromatic heterocycles. The van der Waals surface area contributed by atoms with Crippen molar-refractivity contribution < 1.29 is 13.6 Å². The number of rotatable bonds is 3. The van der Waals surface area contributed by atoms with Crippen LogP contribution in [0.3, 0.4) is 0 Å². The molecule has 0 aliphatic carbocycles. The first-order valence-corrected chi connectivity index (χ1v) is 6.12. The average Bonchev–Trinajstić information content (AvgIpc) is 2.91. The minimum absolute atomic E-state index is 0.0175. The fourth-order valence-electron chi connectivity index (χ4n) is 2.07. The summed E-state index contributed by atoms with van der Waals surface area (Å²) in [6.07, 6.45) is 0.505. The second-order valence-electron chi connectivity index (χ2n) is 4.31. The largest absolute Gasteiger partial charge is 0.296 e. The summed E-state index contributed by atoms with van der Waals surface area (Å²) in [5.41, 5.74) is 0.793. The molecule has 3 aromatic rings. The van der Waals surface area contributed by atoms with Crippen LogP contribution in [-0.4, -0.2) is 21.3 Å². The lowest BCUT2D eigenvalue weighted by atomic mass is 10.1. The van der Waals surface area contributed by atoms with Gasteiger partial charge >= 0.3 is 0 Å². The minimum atomic E-state index is -0.516. The molecule has 0 radical (unpaired) electrons. The highest BCUT2D eigenvalue weighted by Gasteiger charge is 2.18. The Kier molecular flexibility index (Phi) is 3.27. The van der Waals surface area contributed by atoms with E-state index in [2.05, 4.69) is 10.3 Å². The summed E-state index contributed by atoms with van der Waals surface area (Å²) in [5.74, 6) is -0.983. The second-order valence-corrected chi connectivity index (χ2v) is 4.31. The van der Waals surface area contributed by atoms with Crippen LogP contribution in [0.2, 0.25) is 0 Å². The van der Waals surface area contributed by atoms with Crippen LogP contribution in [0.15, 0.2) is 48.5 Å². The number of halogens is 2. The fourth-order valence-corrected chi connectivity index (χ4v) is 2.07. The lowest BCUT2D eigenvalue weighted by Crippen LogP contribution is -2.02. The fraction of sp³-hybridized carbons (Fsp3) is 0. The Balaban J connectivity index is 2.27. The Bertz CT molecular complexity index is 814. The van der Waals surface area contributed by atoms with Gasteiger partial charge in [0.25, 0.3) is 0 Å². The summed E-state index contributed by atoms with van der Waals surface area (Å²) < 4.78 is 28.5. The van der Waals surface area contributed by atoms with E-state index in [0.717, 1.165) is 0 Å². The summed E-state index contributed by atoms with van der Waals surface area (Å²) in [6, 6.07) is 11.6. The molecular weight excluding hydrogens is 276 g/mol. The molecule has 0 aliphatic rings. The lowest BCUT2D eigenvalue weighted by Gasteiger charge is -2.08. The molecule has 104 valence electrons. The average molecular weight is 285 g/mol. The summed E-state index contributed by atoms with van der Waals surface area (Å²) in [5, 5.41) is 7.51. The zero-order chi connectivity index (χ0) is 14.8. The Hall–Kier alpha value is -2.89. The molecular formula is C15H9F2N3O. The van der Waals surface area contributed by atoms with Gasteiger partial charge in [0, 0.05) is 5.56 Å². The quantitative estimate of drug-likeness (QED) is 0.695. The number of aldehydes is 1. The summed E-state index contributed by atoms with van der Waals surface area (Å²) >= 11 is 0. The van der Waals surface area contributed by atoms with Crippen molar-refractivity contribution in [3.05, 3.63) is 65.9 Å². The van der Waals surface area contributed by atoms with Gasteiger partial charge < -0.3 is 0 Å². The number of carbonyl (C=O) groups excluding carboxylic acids is 1. The van der Waals surface area contributed by atoms with Crippen molar-refractivity contribution >= 4 is 6.29 Å². The van der Waals surface area contributed by atoms with E-state index in [0.29, 0.717) is 11.8 Å². The number of carbonyl (C=O) groups is 1. The molecule has 0 spiro atoms. The normalized spacial score (nSPS) is 10.6. The van der Waals surface area contributed by atoms with Gasteiger partial charge in [0.2, 0.25) is 0 Å². The predicted octanol–water partition coefficient (Wildman–Crippen LogP) is 3.03. The monoisotopic (exact) mass is 285 g/mol. The number of nitrogens with zero attached hydrogens (tertiary/aromatic N) is 3. The van der Waals surface area contributed by atoms with E-state index in [1.165, 1.54) is 41.1 Å². The molecule has 21 heavy (non-hydrogen) atoms. The Morgan fingerprint density at radius 3 is 2.57 bits per heavy atom. The zero-order valence-electron chi connectivity index (χ0n) is 10.7. The molecule has 4 nitrogen and oxygen atoms in total. The van der Waals surface area contributed by atoms with E-state index in [1.807, 2.05) is 0 Å². The van der Waals surface area contributed by atoms with Gasteiger partial charge in [-0.2, -0.15) is 0 Å². The molecule has 0 amide bonds. The number of aromatic nitrogens is 3. The Labute approximate surface area is 118 Å². The highest BCUT2D eigenvalue weighted by atomic mass is 19.1. The molecule has 0 aliphatic heterocycles. The van der Waals surface area contributed by atoms with Crippen LogP contribution in [0, 0.1) is 11.6 Å². The van der Waals surface area contributed by atoms with Crippen LogP contribution in [0.4, 0.5) is 8.78 Å². The summed E-state index contributed by atoms with van der Waals surface area (Å²) in [7, 11) is 0. The molecule has 6 heteroatoms. The maximum Gasteiger partial charge on any atom is 0.172 e. The molecule has 1 heterocycles. The predicted molar refractivity (Wildman–Crippen MR) is 72.1 cm³/mol. The minimum Gasteiger partial charge on any atom is -0.296 e. The van der Waals surface area contributed by atoms with Gasteiger partial charge in [0.15, 0.2) is 12.0 Å². The van der Waals surface area contributed by atoms with E-state index < -0.39 is 11.6 Å². The van der Waals surface area contributed by atoms with E-state index in [-0.39, 0.29) is 17.1 Å². The van der Waals surface area contributed by atoms with E-state index >= 15 is 0 Å². The van der Waals surface area contributed by atoms with Crippen LogP contribution < -0.4 is 0 Å². The first-order chi connectivity index (χ1) is 10.2. The number of benzene rings is 2. The van der Waals surface area contributed by atoms with Crippen molar-refractivity contribution in [3.8, 4) is 16.9 Å². The topological polar surface area (TPSA) is 47.8 Å². The van der Waals surface area contributed by atoms with Crippen molar-refractivity contribution in [3.63, 3.8) is 0 Å². The standard InChI is InChI=1S/C15H9F2N3O/c16-11-5-3-4-10(8-11)15-13(9-21)18-19-20(15)14-7-2-1-6-12(14)17/h1-9H. The van der Waals surface area contributed by atoms with Crippen LogP contribution in [-0.2, 0) is 0 Å². The first-order valence-electron chi connectivity index (χ1n) is 6.12. The van der Waals surface area contributed by atoms with Crippen molar-refractivity contribution in [2.24, 2.45) is 0 Å². The maximum atomic E-state index is 13.9. The highest BCUT2D eigenvalue weighted by Crippen LogP contribution is 2.26. The van der Waals surface area contributed by atoms with Crippen LogP contribution in [0.1, 0.15) is 10.5 Å². The summed E-state index contributed by atoms with van der Waals surface area (Å²) in [4.78, 5) is 11.1. The molecule has 0 unspecified atom stereocenters. The van der Waals surface area contributed by atoms with Gasteiger partial charge in [-0.3, -0.25) is 4.79 Å². The van der Waals surface area contributed by atoms with E-state index in [9.17, 15) is 13.6 Å². The number of hydrogen-bond donors (Lipinski definition) is 0. The molecule has 2 aromatic carbocycles. The van der Waals surface area contributed by atoms with Gasteiger partial charge in [-0.15, -0.1) is 5.10 Å². The van der Waals surface area contributed by atoms with Crippen molar-refractivity contribution in [1.29, 1.82) is 0 Å². The third kappa shape index (κ3) is 2.31. The number of hydrogen-bond acceptors (Lipinski definition) is 3. The molecule has 0 atom stereocenters. The molecule has 0 N–H and O–H groups in total. The molecule has 3 rings (SSSR count). The van der Waals surface area contributed by atoms with Gasteiger partial charge in [-0.1, -0.05) is 29.5 Å². The summed E-state index contributed by atoms with van der Waals surface area (Å²) in [6.45, 7) is 0. The lowest BCUT2D eigenvalue weighted by molar-refractivity contribution is 0.111. The van der Waals surface area contributed by atoms with Crippen molar-refractivity contribution in [2.45, 2.75) is 0 Å². The smallest absolute Gasteiger partial charge is 0.172 e. The van der Waals surface area contributed by atoms with Crippen LogP contribution in [0.25, 0.3) is 16.9 Å². The van der Waals surface area contributed by atoms with Crippen LogP contribution in [0.5, 0.6) is 0 Å². The van der Waals surface area contributed by atoms with Crippen LogP contribution >= 0.6 is 0 Å². The Morgan fingerprint density at radius 2 is 1.86 bits per heavy atom. The van der Waals surface area contributed by atoms with E-state index in [4.69, 9.17) is 0 Å². The third-order valence-corrected chi connectivity index (χ3v) is 2.99. The molecule has 0 bridgehead atoms. The van der Waals surface area contributed by atoms with Crippen molar-refractivity contribution in [2.75, 3.05) is 0 Å². The zero-order valence-corrected chi connectivity index (χ0v) is 10.7. The molecule has 0 saturated heterocycles. The van der Waals surface area contributed by atoms with E-state index in [1.54, 1.807) is 12.1 Å². The third-order valence-electron chi connectivity index (χ3n) is 2.99. The molecule has 0 saturated carbocycles. The van der Waals surface area contributed by atoms with Gasteiger partial charge in [0.05, 0.1) is 0 Å². The van der Waals surface area contributed by atoms with Crippen molar-refractivity contribution in [1.82, 2.24) is 15.0 Å². The van der Waals surface area contributed by atoms with Gasteiger partial charge in [-0.05, 0) is 24.3 Å². The van der Waals surface area contributed by atoms with Gasteiger partial charge in [0.1, 0.15) is 23.0 Å². The SMILES string of the molecule is O=Cc1nnn(-c2ccccc2F)c1-c1cccc(F)c1. The second kappa shape index (κ2) is 5.24. The highest BCUT2D eigenvalue weighted by molar-refractivity contribution is 5.84. The maximum absolute atomic E-state index is 13.9.